The molecule has 0 aromatic carbocycles. The molecule has 0 N–H and O–H groups in total. The molecular formula is C20H21FN6O3. The van der Waals surface area contributed by atoms with Gasteiger partial charge in [0.25, 0.3) is 5.56 Å². The summed E-state index contributed by atoms with van der Waals surface area (Å²) >= 11 is 0. The van der Waals surface area contributed by atoms with Crippen LogP contribution in [0.3, 0.4) is 0 Å². The lowest BCUT2D eigenvalue weighted by Crippen LogP contribution is -2.61. The quantitative estimate of drug-likeness (QED) is 0.626. The third-order valence-electron chi connectivity index (χ3n) is 5.70. The van der Waals surface area contributed by atoms with E-state index in [9.17, 15) is 9.18 Å². The van der Waals surface area contributed by atoms with Gasteiger partial charge >= 0.3 is 0 Å². The number of halogens is 1. The summed E-state index contributed by atoms with van der Waals surface area (Å²) in [7, 11) is 0. The van der Waals surface area contributed by atoms with Gasteiger partial charge in [0.05, 0.1) is 24.1 Å². The van der Waals surface area contributed by atoms with E-state index in [0.717, 1.165) is 43.9 Å². The van der Waals surface area contributed by atoms with Gasteiger partial charge in [-0.05, 0) is 31.9 Å². The number of alkyl halides is 1. The fraction of sp³-hybridized carbons (Fsp3) is 0.450. The van der Waals surface area contributed by atoms with E-state index in [1.54, 1.807) is 24.4 Å². The van der Waals surface area contributed by atoms with E-state index in [-0.39, 0.29) is 23.5 Å². The van der Waals surface area contributed by atoms with E-state index in [4.69, 9.17) is 9.26 Å². The van der Waals surface area contributed by atoms with Crippen LogP contribution in [0, 0.1) is 6.92 Å². The van der Waals surface area contributed by atoms with Gasteiger partial charge in [0.1, 0.15) is 17.0 Å². The van der Waals surface area contributed by atoms with Gasteiger partial charge in [0.2, 0.25) is 0 Å². The summed E-state index contributed by atoms with van der Waals surface area (Å²) < 4.78 is 25.7. The maximum atomic E-state index is 13.5. The van der Waals surface area contributed by atoms with Gasteiger partial charge in [-0.3, -0.25) is 4.79 Å². The zero-order valence-corrected chi connectivity index (χ0v) is 16.5. The van der Waals surface area contributed by atoms with Crippen LogP contribution in [-0.4, -0.2) is 50.4 Å². The van der Waals surface area contributed by atoms with Crippen molar-refractivity contribution in [1.82, 2.24) is 25.1 Å². The first kappa shape index (κ1) is 18.9. The topological polar surface area (TPSA) is 99.2 Å². The van der Waals surface area contributed by atoms with Crippen LogP contribution in [0.5, 0.6) is 0 Å². The molecule has 3 aromatic heterocycles. The summed E-state index contributed by atoms with van der Waals surface area (Å²) in [6, 6.07) is 5.06. The smallest absolute Gasteiger partial charge is 0.269 e. The van der Waals surface area contributed by atoms with Gasteiger partial charge in [0, 0.05) is 31.3 Å². The zero-order valence-electron chi connectivity index (χ0n) is 16.5. The molecule has 2 fully saturated rings. The first-order valence-electron chi connectivity index (χ1n) is 9.87. The summed E-state index contributed by atoms with van der Waals surface area (Å²) in [6.07, 6.45) is 3.78. The molecule has 1 spiro atoms. The first-order chi connectivity index (χ1) is 14.6. The Morgan fingerprint density at radius 2 is 2.13 bits per heavy atom. The van der Waals surface area contributed by atoms with E-state index in [1.165, 1.54) is 4.68 Å². The standard InChI is InChI=1S/C20H21FN6O3/c1-13-3-4-16(24-23-13)19-15(17(8-21)30-25-19)10-27-18(28)7-14(9-22-27)26-11-20(12-26)5-2-6-29-20/h3-4,7,9H,2,5-6,8,10-12H2,1H3. The van der Waals surface area contributed by atoms with E-state index in [2.05, 4.69) is 25.4 Å². The second-order valence-electron chi connectivity index (χ2n) is 7.83. The summed E-state index contributed by atoms with van der Waals surface area (Å²) in [5.41, 5.74) is 2.41. The van der Waals surface area contributed by atoms with Crippen molar-refractivity contribution in [2.75, 3.05) is 24.6 Å². The van der Waals surface area contributed by atoms with Crippen molar-refractivity contribution in [1.29, 1.82) is 0 Å². The van der Waals surface area contributed by atoms with Crippen molar-refractivity contribution in [3.8, 4) is 11.4 Å². The van der Waals surface area contributed by atoms with Crippen molar-refractivity contribution < 1.29 is 13.7 Å². The van der Waals surface area contributed by atoms with Crippen molar-refractivity contribution in [2.45, 2.75) is 38.6 Å². The first-order valence-corrected chi connectivity index (χ1v) is 9.87. The molecule has 0 atom stereocenters. The predicted octanol–water partition coefficient (Wildman–Crippen LogP) is 1.88. The molecule has 0 radical (unpaired) electrons. The Bertz CT molecular complexity index is 1110. The third-order valence-corrected chi connectivity index (χ3v) is 5.70. The minimum absolute atomic E-state index is 0.0276. The van der Waals surface area contributed by atoms with Crippen LogP contribution in [0.1, 0.15) is 29.9 Å². The number of hydrogen-bond donors (Lipinski definition) is 0. The Morgan fingerprint density at radius 1 is 1.27 bits per heavy atom. The average Bonchev–Trinajstić information content (AvgIpc) is 3.36. The van der Waals surface area contributed by atoms with E-state index in [0.29, 0.717) is 17.0 Å². The van der Waals surface area contributed by atoms with Gasteiger partial charge in [-0.1, -0.05) is 5.16 Å². The van der Waals surface area contributed by atoms with Gasteiger partial charge < -0.3 is 14.2 Å². The molecule has 0 amide bonds. The van der Waals surface area contributed by atoms with Crippen molar-refractivity contribution in [3.63, 3.8) is 0 Å². The van der Waals surface area contributed by atoms with Gasteiger partial charge in [0.15, 0.2) is 12.4 Å². The zero-order chi connectivity index (χ0) is 20.7. The molecule has 3 aromatic rings. The van der Waals surface area contributed by atoms with E-state index >= 15 is 0 Å². The SMILES string of the molecule is Cc1ccc(-c2noc(CF)c2Cn2ncc(N3CC4(CCCO4)C3)cc2=O)nn1. The molecule has 0 bridgehead atoms. The van der Waals surface area contributed by atoms with Crippen molar-refractivity contribution in [2.24, 2.45) is 0 Å². The fourth-order valence-electron chi connectivity index (χ4n) is 4.04. The average molecular weight is 412 g/mol. The fourth-order valence-corrected chi connectivity index (χ4v) is 4.04. The molecule has 0 unspecified atom stereocenters. The Balaban J connectivity index is 1.39. The Kier molecular flexibility index (Phi) is 4.58. The summed E-state index contributed by atoms with van der Waals surface area (Å²) in [4.78, 5) is 14.8. The lowest BCUT2D eigenvalue weighted by molar-refractivity contribution is -0.0181. The van der Waals surface area contributed by atoms with Crippen LogP contribution in [0.15, 0.2) is 33.7 Å². The summed E-state index contributed by atoms with van der Waals surface area (Å²) in [6.45, 7) is 3.34. The molecule has 2 aliphatic rings. The molecule has 5 heterocycles. The maximum absolute atomic E-state index is 13.5. The van der Waals surface area contributed by atoms with Gasteiger partial charge in [-0.2, -0.15) is 10.2 Å². The number of hydrogen-bond acceptors (Lipinski definition) is 8. The number of ether oxygens (including phenoxy) is 1. The number of anilines is 1. The van der Waals surface area contributed by atoms with Gasteiger partial charge in [-0.25, -0.2) is 9.07 Å². The molecule has 30 heavy (non-hydrogen) atoms. The molecule has 0 aliphatic carbocycles. The van der Waals surface area contributed by atoms with Crippen LogP contribution >= 0.6 is 0 Å². The number of aryl methyl sites for hydroxylation is 1. The van der Waals surface area contributed by atoms with Crippen LogP contribution < -0.4 is 10.5 Å². The molecule has 156 valence electrons. The largest absolute Gasteiger partial charge is 0.371 e. The molecule has 9 nitrogen and oxygen atoms in total. The second kappa shape index (κ2) is 7.28. The molecule has 10 heteroatoms. The van der Waals surface area contributed by atoms with E-state index < -0.39 is 6.67 Å². The molecule has 5 rings (SSSR count). The van der Waals surface area contributed by atoms with Crippen LogP contribution in [0.2, 0.25) is 0 Å². The Morgan fingerprint density at radius 3 is 2.80 bits per heavy atom. The van der Waals surface area contributed by atoms with E-state index in [1.807, 2.05) is 6.92 Å². The van der Waals surface area contributed by atoms with Crippen molar-refractivity contribution >= 4 is 5.69 Å². The van der Waals surface area contributed by atoms with Crippen LogP contribution in [0.4, 0.5) is 10.1 Å². The second-order valence-corrected chi connectivity index (χ2v) is 7.83. The molecule has 0 saturated carbocycles. The minimum atomic E-state index is -0.843. The monoisotopic (exact) mass is 412 g/mol. The lowest BCUT2D eigenvalue weighted by Gasteiger charge is -2.48. The summed E-state index contributed by atoms with van der Waals surface area (Å²) in [5, 5.41) is 16.3. The maximum Gasteiger partial charge on any atom is 0.269 e. The highest BCUT2D eigenvalue weighted by molar-refractivity contribution is 5.58. The highest BCUT2D eigenvalue weighted by Gasteiger charge is 2.46. The normalized spacial score (nSPS) is 17.5. The highest BCUT2D eigenvalue weighted by Crippen LogP contribution is 2.37. The van der Waals surface area contributed by atoms with Gasteiger partial charge in [-0.15, -0.1) is 5.10 Å². The minimum Gasteiger partial charge on any atom is -0.371 e. The number of nitrogens with zero attached hydrogens (tertiary/aromatic N) is 6. The lowest BCUT2D eigenvalue weighted by atomic mass is 9.90. The Labute approximate surface area is 171 Å². The molecule has 2 saturated heterocycles. The number of aromatic nitrogens is 5. The summed E-state index contributed by atoms with van der Waals surface area (Å²) in [5.74, 6) is 0.0493. The van der Waals surface area contributed by atoms with Crippen LogP contribution in [0.25, 0.3) is 11.4 Å². The third kappa shape index (κ3) is 3.26. The predicted molar refractivity (Wildman–Crippen MR) is 105 cm³/mol. The van der Waals surface area contributed by atoms with Crippen LogP contribution in [-0.2, 0) is 18.0 Å². The highest BCUT2D eigenvalue weighted by atomic mass is 19.1. The number of rotatable bonds is 5. The molecule has 2 aliphatic heterocycles. The Hall–Kier alpha value is -3.14. The molecular weight excluding hydrogens is 391 g/mol. The van der Waals surface area contributed by atoms with Crippen molar-refractivity contribution in [3.05, 3.63) is 51.8 Å².